The van der Waals surface area contributed by atoms with E-state index in [4.69, 9.17) is 17.3 Å². The van der Waals surface area contributed by atoms with Gasteiger partial charge in [-0.25, -0.2) is 0 Å². The molecule has 78 valence electrons. The van der Waals surface area contributed by atoms with E-state index in [0.29, 0.717) is 6.54 Å². The van der Waals surface area contributed by atoms with Gasteiger partial charge in [0, 0.05) is 30.8 Å². The van der Waals surface area contributed by atoms with Gasteiger partial charge in [0.1, 0.15) is 0 Å². The van der Waals surface area contributed by atoms with Crippen molar-refractivity contribution in [1.82, 2.24) is 0 Å². The Balaban J connectivity index is 2.85. The molecule has 0 aliphatic rings. The van der Waals surface area contributed by atoms with E-state index >= 15 is 0 Å². The number of nitrogens with zero attached hydrogens (tertiary/aromatic N) is 1. The van der Waals surface area contributed by atoms with Crippen LogP contribution in [0, 0.1) is 0 Å². The van der Waals surface area contributed by atoms with Crippen LogP contribution in [0.2, 0.25) is 5.02 Å². The number of halogens is 1. The number of benzene rings is 1. The van der Waals surface area contributed by atoms with Crippen molar-refractivity contribution in [2.75, 3.05) is 18.5 Å². The molecular weight excluding hydrogens is 196 g/mol. The van der Waals surface area contributed by atoms with Gasteiger partial charge >= 0.3 is 0 Å². The summed E-state index contributed by atoms with van der Waals surface area (Å²) in [5.74, 6) is 0. The topological polar surface area (TPSA) is 29.3 Å². The van der Waals surface area contributed by atoms with Gasteiger partial charge in [-0.05, 0) is 24.1 Å². The van der Waals surface area contributed by atoms with Crippen LogP contribution in [0.4, 0.5) is 5.69 Å². The molecule has 1 rings (SSSR count). The molecule has 0 radical (unpaired) electrons. The van der Waals surface area contributed by atoms with Crippen LogP contribution in [0.25, 0.3) is 0 Å². The van der Waals surface area contributed by atoms with Crippen molar-refractivity contribution in [1.29, 1.82) is 0 Å². The summed E-state index contributed by atoms with van der Waals surface area (Å²) in [6.07, 6.45) is 1.13. The molecule has 0 aliphatic carbocycles. The smallest absolute Gasteiger partial charge is 0.0471 e. The van der Waals surface area contributed by atoms with E-state index in [1.165, 1.54) is 0 Å². The summed E-state index contributed by atoms with van der Waals surface area (Å²) in [5, 5.41) is 0.757. The van der Waals surface area contributed by atoms with Crippen molar-refractivity contribution in [3.05, 3.63) is 28.8 Å². The number of rotatable bonds is 4. The number of nitrogens with two attached hydrogens (primary N) is 1. The fraction of sp³-hybridized carbons (Fsp3) is 0.455. The van der Waals surface area contributed by atoms with Crippen LogP contribution in [0.15, 0.2) is 18.2 Å². The zero-order valence-corrected chi connectivity index (χ0v) is 9.51. The van der Waals surface area contributed by atoms with Gasteiger partial charge < -0.3 is 10.6 Å². The molecule has 0 saturated carbocycles. The first-order valence-corrected chi connectivity index (χ1v) is 5.26. The number of hydrogen-bond acceptors (Lipinski definition) is 2. The van der Waals surface area contributed by atoms with Gasteiger partial charge in [-0.1, -0.05) is 24.6 Å². The van der Waals surface area contributed by atoms with E-state index in [0.717, 1.165) is 29.2 Å². The summed E-state index contributed by atoms with van der Waals surface area (Å²) >= 11 is 6.07. The number of anilines is 1. The first-order chi connectivity index (χ1) is 6.69. The van der Waals surface area contributed by atoms with Crippen molar-refractivity contribution in [3.63, 3.8) is 0 Å². The van der Waals surface area contributed by atoms with E-state index in [1.54, 1.807) is 0 Å². The van der Waals surface area contributed by atoms with Crippen LogP contribution < -0.4 is 10.6 Å². The van der Waals surface area contributed by atoms with Crippen LogP contribution >= 0.6 is 11.6 Å². The highest BCUT2D eigenvalue weighted by Crippen LogP contribution is 2.22. The third-order valence-corrected chi connectivity index (χ3v) is 2.61. The summed E-state index contributed by atoms with van der Waals surface area (Å²) in [6, 6.07) is 6.02. The molecule has 1 aromatic rings. The fourth-order valence-electron chi connectivity index (χ4n) is 1.40. The second kappa shape index (κ2) is 5.23. The van der Waals surface area contributed by atoms with Gasteiger partial charge in [0.15, 0.2) is 0 Å². The molecule has 0 heterocycles. The SMILES string of the molecule is CCCN(C)c1ccc(CN)c(Cl)c1. The third-order valence-electron chi connectivity index (χ3n) is 2.26. The van der Waals surface area contributed by atoms with Gasteiger partial charge in [0.25, 0.3) is 0 Å². The van der Waals surface area contributed by atoms with E-state index in [1.807, 2.05) is 12.1 Å². The minimum atomic E-state index is 0.497. The fourth-order valence-corrected chi connectivity index (χ4v) is 1.66. The monoisotopic (exact) mass is 212 g/mol. The maximum Gasteiger partial charge on any atom is 0.0471 e. The van der Waals surface area contributed by atoms with Crippen molar-refractivity contribution >= 4 is 17.3 Å². The average molecular weight is 213 g/mol. The van der Waals surface area contributed by atoms with Crippen LogP contribution in [0.5, 0.6) is 0 Å². The Labute approximate surface area is 90.7 Å². The minimum absolute atomic E-state index is 0.497. The molecular formula is C11H17ClN2. The Morgan fingerprint density at radius 2 is 2.14 bits per heavy atom. The Morgan fingerprint density at radius 1 is 1.43 bits per heavy atom. The Kier molecular flexibility index (Phi) is 4.23. The standard InChI is InChI=1S/C11H17ClN2/c1-3-6-14(2)10-5-4-9(8-13)11(12)7-10/h4-5,7H,3,6,8,13H2,1-2H3. The molecule has 0 fully saturated rings. The lowest BCUT2D eigenvalue weighted by molar-refractivity contribution is 0.852. The second-order valence-corrected chi connectivity index (χ2v) is 3.81. The first kappa shape index (κ1) is 11.3. The molecule has 0 amide bonds. The van der Waals surface area contributed by atoms with Gasteiger partial charge in [-0.3, -0.25) is 0 Å². The molecule has 0 aliphatic heterocycles. The quantitative estimate of drug-likeness (QED) is 0.832. The minimum Gasteiger partial charge on any atom is -0.375 e. The van der Waals surface area contributed by atoms with Gasteiger partial charge in [-0.15, -0.1) is 0 Å². The van der Waals surface area contributed by atoms with Crippen molar-refractivity contribution in [2.45, 2.75) is 19.9 Å². The van der Waals surface area contributed by atoms with E-state index in [2.05, 4.69) is 24.9 Å². The lowest BCUT2D eigenvalue weighted by Gasteiger charge is -2.19. The molecule has 1 aromatic carbocycles. The van der Waals surface area contributed by atoms with Crippen molar-refractivity contribution in [2.24, 2.45) is 5.73 Å². The molecule has 3 heteroatoms. The van der Waals surface area contributed by atoms with Crippen LogP contribution in [0.1, 0.15) is 18.9 Å². The lowest BCUT2D eigenvalue weighted by Crippen LogP contribution is -2.17. The maximum absolute atomic E-state index is 6.07. The van der Waals surface area contributed by atoms with Gasteiger partial charge in [-0.2, -0.15) is 0 Å². The second-order valence-electron chi connectivity index (χ2n) is 3.40. The Hall–Kier alpha value is -0.730. The van der Waals surface area contributed by atoms with Gasteiger partial charge in [0.2, 0.25) is 0 Å². The highest BCUT2D eigenvalue weighted by molar-refractivity contribution is 6.31. The van der Waals surface area contributed by atoms with Crippen molar-refractivity contribution < 1.29 is 0 Å². The summed E-state index contributed by atoms with van der Waals surface area (Å²) < 4.78 is 0. The zero-order valence-electron chi connectivity index (χ0n) is 8.76. The highest BCUT2D eigenvalue weighted by atomic mass is 35.5. The summed E-state index contributed by atoms with van der Waals surface area (Å²) in [7, 11) is 2.07. The molecule has 0 unspecified atom stereocenters. The van der Waals surface area contributed by atoms with Crippen LogP contribution in [-0.4, -0.2) is 13.6 Å². The summed E-state index contributed by atoms with van der Waals surface area (Å²) in [4.78, 5) is 2.19. The Bertz CT molecular complexity index is 299. The largest absolute Gasteiger partial charge is 0.375 e. The molecule has 14 heavy (non-hydrogen) atoms. The molecule has 0 spiro atoms. The highest BCUT2D eigenvalue weighted by Gasteiger charge is 2.03. The van der Waals surface area contributed by atoms with E-state index < -0.39 is 0 Å². The molecule has 2 nitrogen and oxygen atoms in total. The third kappa shape index (κ3) is 2.63. The molecule has 0 saturated heterocycles. The van der Waals surface area contributed by atoms with E-state index in [-0.39, 0.29) is 0 Å². The molecule has 2 N–H and O–H groups in total. The first-order valence-electron chi connectivity index (χ1n) is 4.88. The summed E-state index contributed by atoms with van der Waals surface area (Å²) in [5.41, 5.74) is 7.69. The summed E-state index contributed by atoms with van der Waals surface area (Å²) in [6.45, 7) is 3.70. The molecule has 0 atom stereocenters. The predicted molar refractivity (Wildman–Crippen MR) is 62.9 cm³/mol. The van der Waals surface area contributed by atoms with E-state index in [9.17, 15) is 0 Å². The van der Waals surface area contributed by atoms with Crippen LogP contribution in [-0.2, 0) is 6.54 Å². The zero-order chi connectivity index (χ0) is 10.6. The normalized spacial score (nSPS) is 10.3. The molecule has 0 aromatic heterocycles. The van der Waals surface area contributed by atoms with Gasteiger partial charge in [0.05, 0.1) is 0 Å². The lowest BCUT2D eigenvalue weighted by atomic mass is 10.2. The Morgan fingerprint density at radius 3 is 2.64 bits per heavy atom. The van der Waals surface area contributed by atoms with Crippen LogP contribution in [0.3, 0.4) is 0 Å². The molecule has 0 bridgehead atoms. The van der Waals surface area contributed by atoms with Crippen molar-refractivity contribution in [3.8, 4) is 0 Å². The predicted octanol–water partition coefficient (Wildman–Crippen LogP) is 2.64. The average Bonchev–Trinajstić information content (AvgIpc) is 2.18. The number of hydrogen-bond donors (Lipinski definition) is 1. The maximum atomic E-state index is 6.07.